The Morgan fingerprint density at radius 2 is 1.74 bits per heavy atom. The predicted molar refractivity (Wildman–Crippen MR) is 105 cm³/mol. The van der Waals surface area contributed by atoms with Crippen molar-refractivity contribution < 1.29 is 14.3 Å². The van der Waals surface area contributed by atoms with E-state index in [1.54, 1.807) is 11.8 Å². The number of likely N-dealkylation sites (tertiary alicyclic amines) is 1. The van der Waals surface area contributed by atoms with Crippen molar-refractivity contribution in [3.05, 3.63) is 29.3 Å². The average molecular weight is 395 g/mol. The Labute approximate surface area is 165 Å². The monoisotopic (exact) mass is 394 g/mol. The van der Waals surface area contributed by atoms with Crippen LogP contribution in [-0.4, -0.2) is 73.8 Å². The van der Waals surface area contributed by atoms with Gasteiger partial charge in [-0.15, -0.1) is 0 Å². The highest BCUT2D eigenvalue weighted by Crippen LogP contribution is 2.26. The van der Waals surface area contributed by atoms with E-state index in [-0.39, 0.29) is 18.2 Å². The highest BCUT2D eigenvalue weighted by atomic mass is 35.5. The van der Waals surface area contributed by atoms with Gasteiger partial charge in [0.25, 0.3) is 0 Å². The number of benzene rings is 1. The molecule has 148 valence electrons. The van der Waals surface area contributed by atoms with E-state index in [2.05, 4.69) is 10.2 Å². The first-order valence-corrected chi connectivity index (χ1v) is 9.93. The summed E-state index contributed by atoms with van der Waals surface area (Å²) < 4.78 is 5.03. The number of amides is 3. The standard InChI is InChI=1S/C19H27ClN4O3/c1-2-27-19(26)24-9-7-15(8-10-24)21-18(25)23-13-11-22(12-14-23)17-6-4-3-5-16(17)20/h3-6,15H,2,7-14H2,1H3,(H,21,25). The van der Waals surface area contributed by atoms with Crippen LogP contribution < -0.4 is 10.2 Å². The Balaban J connectivity index is 1.43. The number of carbonyl (C=O) groups is 2. The number of piperidine rings is 1. The molecule has 0 radical (unpaired) electrons. The number of piperazine rings is 1. The van der Waals surface area contributed by atoms with Gasteiger partial charge in [-0.2, -0.15) is 0 Å². The maximum Gasteiger partial charge on any atom is 0.409 e. The topological polar surface area (TPSA) is 65.1 Å². The molecule has 0 saturated carbocycles. The number of urea groups is 1. The quantitative estimate of drug-likeness (QED) is 0.856. The fourth-order valence-electron chi connectivity index (χ4n) is 3.55. The lowest BCUT2D eigenvalue weighted by Gasteiger charge is -2.38. The van der Waals surface area contributed by atoms with Crippen LogP contribution in [-0.2, 0) is 4.74 Å². The molecule has 2 fully saturated rings. The largest absolute Gasteiger partial charge is 0.450 e. The van der Waals surface area contributed by atoms with Crippen LogP contribution in [0.15, 0.2) is 24.3 Å². The van der Waals surface area contributed by atoms with Crippen molar-refractivity contribution in [2.45, 2.75) is 25.8 Å². The number of anilines is 1. The van der Waals surface area contributed by atoms with E-state index in [1.165, 1.54) is 0 Å². The summed E-state index contributed by atoms with van der Waals surface area (Å²) in [4.78, 5) is 30.1. The second-order valence-corrected chi connectivity index (χ2v) is 7.24. The van der Waals surface area contributed by atoms with Crippen LogP contribution in [0.3, 0.4) is 0 Å². The second kappa shape index (κ2) is 9.17. The van der Waals surface area contributed by atoms with Crippen LogP contribution in [0.1, 0.15) is 19.8 Å². The summed E-state index contributed by atoms with van der Waals surface area (Å²) in [6, 6.07) is 7.87. The van der Waals surface area contributed by atoms with Crippen LogP contribution in [0.4, 0.5) is 15.3 Å². The van der Waals surface area contributed by atoms with Crippen LogP contribution in [0.25, 0.3) is 0 Å². The van der Waals surface area contributed by atoms with Gasteiger partial charge in [0.05, 0.1) is 17.3 Å². The minimum atomic E-state index is -0.266. The molecule has 0 spiro atoms. The number of para-hydroxylation sites is 1. The molecule has 7 nitrogen and oxygen atoms in total. The molecule has 2 aliphatic rings. The van der Waals surface area contributed by atoms with E-state index >= 15 is 0 Å². The number of nitrogens with zero attached hydrogens (tertiary/aromatic N) is 3. The summed E-state index contributed by atoms with van der Waals surface area (Å²) in [5, 5.41) is 3.85. The molecule has 0 bridgehead atoms. The fourth-order valence-corrected chi connectivity index (χ4v) is 3.80. The number of rotatable bonds is 3. The molecule has 0 aromatic heterocycles. The maximum absolute atomic E-state index is 12.6. The molecule has 3 amide bonds. The normalized spacial score (nSPS) is 18.4. The van der Waals surface area contributed by atoms with Crippen molar-refractivity contribution in [2.75, 3.05) is 50.8 Å². The lowest BCUT2D eigenvalue weighted by Crippen LogP contribution is -2.55. The highest BCUT2D eigenvalue weighted by molar-refractivity contribution is 6.33. The first-order chi connectivity index (χ1) is 13.1. The minimum absolute atomic E-state index is 0.0246. The van der Waals surface area contributed by atoms with E-state index in [9.17, 15) is 9.59 Å². The number of halogens is 1. The molecule has 2 saturated heterocycles. The van der Waals surface area contributed by atoms with E-state index in [0.29, 0.717) is 32.8 Å². The second-order valence-electron chi connectivity index (χ2n) is 6.84. The summed E-state index contributed by atoms with van der Waals surface area (Å²) >= 11 is 6.27. The predicted octanol–water partition coefficient (Wildman–Crippen LogP) is 2.79. The summed E-state index contributed by atoms with van der Waals surface area (Å²) in [5.41, 5.74) is 1.02. The van der Waals surface area contributed by atoms with Crippen molar-refractivity contribution in [3.63, 3.8) is 0 Å². The molecular formula is C19H27ClN4O3. The number of ether oxygens (including phenoxy) is 1. The van der Waals surface area contributed by atoms with Crippen molar-refractivity contribution in [3.8, 4) is 0 Å². The molecule has 2 aliphatic heterocycles. The van der Waals surface area contributed by atoms with Crippen LogP contribution >= 0.6 is 11.6 Å². The number of hydrogen-bond donors (Lipinski definition) is 1. The zero-order chi connectivity index (χ0) is 19.2. The molecule has 1 N–H and O–H groups in total. The van der Waals surface area contributed by atoms with Gasteiger partial charge >= 0.3 is 12.1 Å². The van der Waals surface area contributed by atoms with Gasteiger partial charge in [-0.25, -0.2) is 9.59 Å². The zero-order valence-electron chi connectivity index (χ0n) is 15.7. The Hall–Kier alpha value is -2.15. The van der Waals surface area contributed by atoms with Crippen LogP contribution in [0, 0.1) is 0 Å². The molecule has 3 rings (SSSR count). The fraction of sp³-hybridized carbons (Fsp3) is 0.579. The lowest BCUT2D eigenvalue weighted by atomic mass is 10.1. The first kappa shape index (κ1) is 19.6. The van der Waals surface area contributed by atoms with E-state index < -0.39 is 0 Å². The molecule has 27 heavy (non-hydrogen) atoms. The first-order valence-electron chi connectivity index (χ1n) is 9.55. The van der Waals surface area contributed by atoms with Gasteiger partial charge in [0.1, 0.15) is 0 Å². The number of nitrogens with one attached hydrogen (secondary N) is 1. The number of carbonyl (C=O) groups excluding carboxylic acids is 2. The molecule has 1 aromatic rings. The van der Waals surface area contributed by atoms with Crippen molar-refractivity contribution >= 4 is 29.4 Å². The summed E-state index contributed by atoms with van der Waals surface area (Å²) in [7, 11) is 0. The Morgan fingerprint density at radius 1 is 1.07 bits per heavy atom. The highest BCUT2D eigenvalue weighted by Gasteiger charge is 2.27. The molecule has 0 aliphatic carbocycles. The van der Waals surface area contributed by atoms with Crippen LogP contribution in [0.5, 0.6) is 0 Å². The average Bonchev–Trinajstić information content (AvgIpc) is 2.69. The summed E-state index contributed by atoms with van der Waals surface area (Å²) in [6.45, 7) is 6.27. The third-order valence-electron chi connectivity index (χ3n) is 5.11. The van der Waals surface area contributed by atoms with E-state index in [4.69, 9.17) is 16.3 Å². The Bertz CT molecular complexity index is 656. The van der Waals surface area contributed by atoms with Gasteiger partial charge in [0, 0.05) is 45.3 Å². The molecule has 0 unspecified atom stereocenters. The van der Waals surface area contributed by atoms with Gasteiger partial charge in [-0.05, 0) is 31.9 Å². The summed E-state index contributed by atoms with van der Waals surface area (Å²) in [5.74, 6) is 0. The Kier molecular flexibility index (Phi) is 6.66. The van der Waals surface area contributed by atoms with Gasteiger partial charge < -0.3 is 24.8 Å². The van der Waals surface area contributed by atoms with Gasteiger partial charge in [-0.3, -0.25) is 0 Å². The van der Waals surface area contributed by atoms with Gasteiger partial charge in [0.2, 0.25) is 0 Å². The van der Waals surface area contributed by atoms with E-state index in [0.717, 1.165) is 36.6 Å². The lowest BCUT2D eigenvalue weighted by molar-refractivity contribution is 0.0950. The minimum Gasteiger partial charge on any atom is -0.450 e. The van der Waals surface area contributed by atoms with Crippen molar-refractivity contribution in [1.82, 2.24) is 15.1 Å². The van der Waals surface area contributed by atoms with Gasteiger partial charge in [0.15, 0.2) is 0 Å². The third kappa shape index (κ3) is 4.97. The van der Waals surface area contributed by atoms with Crippen molar-refractivity contribution in [1.29, 1.82) is 0 Å². The van der Waals surface area contributed by atoms with Crippen LogP contribution in [0.2, 0.25) is 5.02 Å². The molecular weight excluding hydrogens is 368 g/mol. The molecule has 2 heterocycles. The number of hydrogen-bond acceptors (Lipinski definition) is 4. The smallest absolute Gasteiger partial charge is 0.409 e. The molecule has 8 heteroatoms. The third-order valence-corrected chi connectivity index (χ3v) is 5.43. The van der Waals surface area contributed by atoms with Gasteiger partial charge in [-0.1, -0.05) is 23.7 Å². The Morgan fingerprint density at radius 3 is 2.37 bits per heavy atom. The van der Waals surface area contributed by atoms with E-state index in [1.807, 2.05) is 29.2 Å². The SMILES string of the molecule is CCOC(=O)N1CCC(NC(=O)N2CCN(c3ccccc3Cl)CC2)CC1. The van der Waals surface area contributed by atoms with Crippen molar-refractivity contribution in [2.24, 2.45) is 0 Å². The molecule has 1 aromatic carbocycles. The maximum atomic E-state index is 12.6. The molecule has 0 atom stereocenters. The zero-order valence-corrected chi connectivity index (χ0v) is 16.5. The summed E-state index contributed by atoms with van der Waals surface area (Å²) in [6.07, 6.45) is 1.24.